The molecule has 4 aromatic carbocycles. The van der Waals surface area contributed by atoms with Gasteiger partial charge in [0.2, 0.25) is 0 Å². The molecule has 0 spiro atoms. The third kappa shape index (κ3) is 10.5. The first-order valence-electron chi connectivity index (χ1n) is 22.2. The van der Waals surface area contributed by atoms with Crippen molar-refractivity contribution < 1.29 is 52.7 Å². The number of hydrogen-bond donors (Lipinski definition) is 0. The first-order valence-corrected chi connectivity index (χ1v) is 25.5. The Balaban J connectivity index is 0.000000178. The smallest absolute Gasteiger partial charge is 0.416 e. The zero-order valence-corrected chi connectivity index (χ0v) is 39.8. The molecule has 72 heavy (non-hydrogen) atoms. The van der Waals surface area contributed by atoms with Crippen LogP contribution in [-0.4, -0.2) is 70.0 Å². The van der Waals surface area contributed by atoms with Crippen molar-refractivity contribution in [3.05, 3.63) is 179 Å². The van der Waals surface area contributed by atoms with Gasteiger partial charge in [0, 0.05) is 73.0 Å². The van der Waals surface area contributed by atoms with E-state index in [1.165, 1.54) is 70.5 Å². The molecule has 10 rings (SSSR count). The van der Waals surface area contributed by atoms with Crippen LogP contribution in [0.5, 0.6) is 11.5 Å². The molecule has 8 aromatic rings. The first-order chi connectivity index (χ1) is 34.3. The van der Waals surface area contributed by atoms with E-state index in [9.17, 15) is 43.2 Å². The zero-order valence-electron chi connectivity index (χ0n) is 38.2. The van der Waals surface area contributed by atoms with Crippen molar-refractivity contribution in [2.45, 2.75) is 58.3 Å². The van der Waals surface area contributed by atoms with Crippen LogP contribution in [0.4, 0.5) is 26.3 Å². The molecular weight excluding hydrogens is 987 g/mol. The third-order valence-electron chi connectivity index (χ3n) is 12.4. The Labute approximate surface area is 409 Å². The summed E-state index contributed by atoms with van der Waals surface area (Å²) in [5, 5.41) is 23.4. The molecule has 0 aliphatic carbocycles. The maximum Gasteiger partial charge on any atom is 0.416 e. The van der Waals surface area contributed by atoms with Crippen molar-refractivity contribution in [1.82, 2.24) is 40.0 Å². The molecule has 0 amide bonds. The predicted molar refractivity (Wildman–Crippen MR) is 250 cm³/mol. The lowest BCUT2D eigenvalue weighted by Gasteiger charge is -2.28. The van der Waals surface area contributed by atoms with Gasteiger partial charge in [-0.25, -0.2) is 16.8 Å². The molecule has 6 heterocycles. The molecule has 2 atom stereocenters. The number of halogens is 6. The molecule has 0 N–H and O–H groups in total. The van der Waals surface area contributed by atoms with Crippen LogP contribution in [0, 0.1) is 0 Å². The molecule has 0 unspecified atom stereocenters. The van der Waals surface area contributed by atoms with Gasteiger partial charge in [-0.15, -0.1) is 0 Å². The molecule has 2 aliphatic rings. The van der Waals surface area contributed by atoms with Crippen LogP contribution in [0.2, 0.25) is 0 Å². The summed E-state index contributed by atoms with van der Waals surface area (Å²) in [6, 6.07) is 26.4. The Morgan fingerprint density at radius 2 is 0.931 bits per heavy atom. The Hall–Kier alpha value is -7.46. The Morgan fingerprint density at radius 1 is 0.528 bits per heavy atom. The van der Waals surface area contributed by atoms with Crippen molar-refractivity contribution in [3.63, 3.8) is 0 Å². The lowest BCUT2D eigenvalue weighted by Crippen LogP contribution is -2.18. The number of sulfone groups is 2. The van der Waals surface area contributed by atoms with Gasteiger partial charge in [0.05, 0.1) is 68.4 Å². The lowest BCUT2D eigenvalue weighted by molar-refractivity contribution is -0.138. The highest BCUT2D eigenvalue weighted by molar-refractivity contribution is 7.91. The molecular formula is C50H42F6N8O6S2. The fourth-order valence-electron chi connectivity index (χ4n) is 8.94. The number of nitrogens with zero attached hydrogens (tertiary/aromatic N) is 8. The van der Waals surface area contributed by atoms with Crippen molar-refractivity contribution in [2.24, 2.45) is 14.1 Å². The molecule has 2 aliphatic heterocycles. The minimum absolute atomic E-state index is 0.0758. The third-order valence-corrected chi connectivity index (χ3v) is 15.7. The zero-order chi connectivity index (χ0) is 51.0. The van der Waals surface area contributed by atoms with Crippen LogP contribution < -0.4 is 9.47 Å². The van der Waals surface area contributed by atoms with E-state index in [0.717, 1.165) is 24.3 Å². The Morgan fingerprint density at radius 3 is 1.28 bits per heavy atom. The summed E-state index contributed by atoms with van der Waals surface area (Å²) >= 11 is 0. The number of ether oxygens (including phenoxy) is 2. The van der Waals surface area contributed by atoms with Gasteiger partial charge in [0.15, 0.2) is 19.7 Å². The second-order valence-electron chi connectivity index (χ2n) is 17.0. The molecule has 0 fully saturated rings. The maximum atomic E-state index is 13.5. The van der Waals surface area contributed by atoms with E-state index in [1.54, 1.807) is 62.6 Å². The highest BCUT2D eigenvalue weighted by Gasteiger charge is 2.36. The monoisotopic (exact) mass is 1030 g/mol. The Kier molecular flexibility index (Phi) is 13.5. The summed E-state index contributed by atoms with van der Waals surface area (Å²) in [7, 11) is -4.09. The van der Waals surface area contributed by atoms with E-state index in [4.69, 9.17) is 9.47 Å². The number of benzene rings is 4. The molecule has 0 saturated heterocycles. The van der Waals surface area contributed by atoms with Gasteiger partial charge in [-0.2, -0.15) is 56.9 Å². The number of hydrogen-bond acceptors (Lipinski definition) is 12. The van der Waals surface area contributed by atoms with E-state index >= 15 is 0 Å². The number of rotatable bonds is 10. The highest BCUT2D eigenvalue weighted by Crippen LogP contribution is 2.46. The van der Waals surface area contributed by atoms with Crippen LogP contribution in [0.1, 0.15) is 69.4 Å². The topological polar surface area (TPSA) is 174 Å². The van der Waals surface area contributed by atoms with Gasteiger partial charge < -0.3 is 9.47 Å². The van der Waals surface area contributed by atoms with Gasteiger partial charge in [0.25, 0.3) is 0 Å². The normalized spacial score (nSPS) is 15.8. The van der Waals surface area contributed by atoms with Crippen molar-refractivity contribution in [3.8, 4) is 34.0 Å². The average molecular weight is 1030 g/mol. The second kappa shape index (κ2) is 19.6. The second-order valence-corrected chi connectivity index (χ2v) is 21.0. The molecule has 4 aromatic heterocycles. The molecule has 0 radical (unpaired) electrons. The molecule has 0 bridgehead atoms. The lowest BCUT2D eigenvalue weighted by atomic mass is 9.83. The summed E-state index contributed by atoms with van der Waals surface area (Å²) in [6.07, 6.45) is -1.95. The quantitative estimate of drug-likeness (QED) is 0.119. The SMILES string of the molecule is Cn1nccc1-c1cc(C(F)(F)F)ccc1[C@@H]1CCOc2cc(S(=O)(=O)Cc3cccnn3)ccc21.Cn1nccc1-c1cc(C(F)(F)F)ccc1[C@H]1CCOc2cc(S(=O)(=O)Cc3cccnn3)ccc21. The summed E-state index contributed by atoms with van der Waals surface area (Å²) in [4.78, 5) is 0.152. The highest BCUT2D eigenvalue weighted by atomic mass is 32.2. The summed E-state index contributed by atoms with van der Waals surface area (Å²) in [6.45, 7) is 0.578. The van der Waals surface area contributed by atoms with Gasteiger partial charge in [-0.1, -0.05) is 24.3 Å². The van der Waals surface area contributed by atoms with Crippen LogP contribution in [0.3, 0.4) is 0 Å². The van der Waals surface area contributed by atoms with Gasteiger partial charge in [-0.3, -0.25) is 9.36 Å². The largest absolute Gasteiger partial charge is 0.493 e. The standard InChI is InChI=1S/2C25H21F3N4O3S/c2*1-32-23(8-11-30-32)22-13-16(25(26,27)28)4-6-19(22)20-9-12-35-24-14-18(5-7-21(20)24)36(33,34)15-17-3-2-10-29-31-17/h2*2-8,10-11,13-14,20H,9,12,15H2,1H3/t2*20-/m10/s1. The number of aromatic nitrogens is 8. The van der Waals surface area contributed by atoms with Crippen LogP contribution in [0.25, 0.3) is 22.5 Å². The molecule has 14 nitrogen and oxygen atoms in total. The number of fused-ring (bicyclic) bond motifs is 2. The fourth-order valence-corrected chi connectivity index (χ4v) is 11.5. The van der Waals surface area contributed by atoms with Gasteiger partial charge in [0.1, 0.15) is 11.5 Å². The van der Waals surface area contributed by atoms with Crippen molar-refractivity contribution in [1.29, 1.82) is 0 Å². The summed E-state index contributed by atoms with van der Waals surface area (Å²) in [5.41, 5.74) is 3.87. The first kappa shape index (κ1) is 49.5. The van der Waals surface area contributed by atoms with Crippen molar-refractivity contribution in [2.75, 3.05) is 13.2 Å². The average Bonchev–Trinajstić information content (AvgIpc) is 4.00. The van der Waals surface area contributed by atoms with Crippen LogP contribution >= 0.6 is 0 Å². The minimum Gasteiger partial charge on any atom is -0.493 e. The van der Waals surface area contributed by atoms with E-state index in [2.05, 4.69) is 30.6 Å². The fraction of sp³-hybridized carbons (Fsp3) is 0.240. The minimum atomic E-state index is -4.49. The summed E-state index contributed by atoms with van der Waals surface area (Å²) in [5.74, 6) is -0.431. The van der Waals surface area contributed by atoms with Crippen molar-refractivity contribution >= 4 is 19.7 Å². The number of aryl methyl sites for hydroxylation is 2. The van der Waals surface area contributed by atoms with Gasteiger partial charge in [-0.05, 0) is 109 Å². The van der Waals surface area contributed by atoms with E-state index in [0.29, 0.717) is 80.5 Å². The van der Waals surface area contributed by atoms with E-state index < -0.39 is 43.2 Å². The predicted octanol–water partition coefficient (Wildman–Crippen LogP) is 9.57. The number of alkyl halides is 6. The Bertz CT molecular complexity index is 3270. The molecule has 372 valence electrons. The maximum absolute atomic E-state index is 13.5. The van der Waals surface area contributed by atoms with E-state index in [1.807, 2.05) is 0 Å². The molecule has 0 saturated carbocycles. The molecule has 22 heteroatoms. The summed E-state index contributed by atoms with van der Waals surface area (Å²) < 4.78 is 148. The van der Waals surface area contributed by atoms with Crippen LogP contribution in [-0.2, 0) is 57.6 Å². The van der Waals surface area contributed by atoms with Crippen LogP contribution in [0.15, 0.2) is 144 Å². The van der Waals surface area contributed by atoms with E-state index in [-0.39, 0.29) is 46.3 Å². The van der Waals surface area contributed by atoms with Gasteiger partial charge >= 0.3 is 12.4 Å².